The number of nitrogens with zero attached hydrogens (tertiary/aromatic N) is 1. The third-order valence-corrected chi connectivity index (χ3v) is 5.29. The topological polar surface area (TPSA) is 79.9 Å². The van der Waals surface area contributed by atoms with Crippen molar-refractivity contribution in [3.63, 3.8) is 0 Å². The molecule has 25 heavy (non-hydrogen) atoms. The number of nitrogens with one attached hydrogen (secondary N) is 2. The molecule has 0 saturated carbocycles. The van der Waals surface area contributed by atoms with Gasteiger partial charge in [0.15, 0.2) is 0 Å². The molecule has 3 rings (SSSR count). The van der Waals surface area contributed by atoms with Crippen LogP contribution in [0.5, 0.6) is 0 Å². The van der Waals surface area contributed by atoms with Gasteiger partial charge >= 0.3 is 11.8 Å². The molecule has 2 atom stereocenters. The van der Waals surface area contributed by atoms with E-state index >= 15 is 0 Å². The monoisotopic (exact) mass is 367 g/mol. The molecule has 0 aliphatic carbocycles. The molecule has 2 fully saturated rings. The lowest BCUT2D eigenvalue weighted by molar-refractivity contribution is -0.139. The van der Waals surface area contributed by atoms with Crippen LogP contribution in [0.4, 0.5) is 0 Å². The number of hydrogen-bond acceptors (Lipinski definition) is 6. The first-order valence-electron chi connectivity index (χ1n) is 8.75. The first kappa shape index (κ1) is 18.3. The van der Waals surface area contributed by atoms with E-state index in [2.05, 4.69) is 27.0 Å². The van der Waals surface area contributed by atoms with Crippen molar-refractivity contribution in [3.05, 3.63) is 22.4 Å². The van der Waals surface area contributed by atoms with Gasteiger partial charge in [-0.2, -0.15) is 11.3 Å². The Labute approximate surface area is 151 Å². The Morgan fingerprint density at radius 1 is 1.24 bits per heavy atom. The normalized spacial score (nSPS) is 22.5. The standard InChI is InChI=1S/C17H25N3O4S/c21-16(18-10-14-2-1-6-24-14)17(22)19-11-15(13-3-9-25-12-13)20-4-7-23-8-5-20/h3,9,12,14-15H,1-2,4-8,10-11H2,(H,18,21)(H,19,22). The maximum Gasteiger partial charge on any atom is 0.309 e. The Morgan fingerprint density at radius 2 is 2.04 bits per heavy atom. The second-order valence-electron chi connectivity index (χ2n) is 6.28. The van der Waals surface area contributed by atoms with Gasteiger partial charge in [-0.15, -0.1) is 0 Å². The lowest BCUT2D eigenvalue weighted by Gasteiger charge is -2.34. The van der Waals surface area contributed by atoms with Gasteiger partial charge in [-0.3, -0.25) is 14.5 Å². The minimum absolute atomic E-state index is 0.0312. The number of amides is 2. The molecule has 1 aromatic heterocycles. The molecule has 2 N–H and O–H groups in total. The summed E-state index contributed by atoms with van der Waals surface area (Å²) >= 11 is 1.63. The van der Waals surface area contributed by atoms with Gasteiger partial charge in [0.2, 0.25) is 0 Å². The highest BCUT2D eigenvalue weighted by Gasteiger charge is 2.25. The molecule has 138 valence electrons. The van der Waals surface area contributed by atoms with Gasteiger partial charge in [0.05, 0.1) is 25.4 Å². The molecule has 3 heterocycles. The second-order valence-corrected chi connectivity index (χ2v) is 7.06. The lowest BCUT2D eigenvalue weighted by Crippen LogP contribution is -2.47. The second kappa shape index (κ2) is 9.28. The van der Waals surface area contributed by atoms with Gasteiger partial charge in [0.25, 0.3) is 0 Å². The van der Waals surface area contributed by atoms with Crippen LogP contribution in [-0.2, 0) is 19.1 Å². The first-order valence-corrected chi connectivity index (χ1v) is 9.70. The third-order valence-electron chi connectivity index (χ3n) is 4.59. The van der Waals surface area contributed by atoms with Gasteiger partial charge in [-0.1, -0.05) is 0 Å². The molecule has 2 aliphatic rings. The van der Waals surface area contributed by atoms with Crippen molar-refractivity contribution in [1.82, 2.24) is 15.5 Å². The summed E-state index contributed by atoms with van der Waals surface area (Å²) in [5, 5.41) is 9.54. The third kappa shape index (κ3) is 5.24. The fourth-order valence-corrected chi connectivity index (χ4v) is 3.88. The fourth-order valence-electron chi connectivity index (χ4n) is 3.17. The smallest absolute Gasteiger partial charge is 0.309 e. The van der Waals surface area contributed by atoms with Crippen LogP contribution in [0.2, 0.25) is 0 Å². The molecule has 0 bridgehead atoms. The Hall–Kier alpha value is -1.48. The summed E-state index contributed by atoms with van der Waals surface area (Å²) in [6, 6.07) is 2.12. The molecule has 1 aromatic rings. The average molecular weight is 367 g/mol. The van der Waals surface area contributed by atoms with Crippen molar-refractivity contribution in [3.8, 4) is 0 Å². The van der Waals surface area contributed by atoms with Crippen LogP contribution in [0.15, 0.2) is 16.8 Å². The molecular weight excluding hydrogens is 342 g/mol. The van der Waals surface area contributed by atoms with Crippen molar-refractivity contribution in [2.24, 2.45) is 0 Å². The molecule has 2 saturated heterocycles. The van der Waals surface area contributed by atoms with Crippen LogP contribution in [-0.4, -0.2) is 68.8 Å². The molecular formula is C17H25N3O4S. The van der Waals surface area contributed by atoms with E-state index in [9.17, 15) is 9.59 Å². The molecule has 2 unspecified atom stereocenters. The first-order chi connectivity index (χ1) is 12.2. The average Bonchev–Trinajstić information content (AvgIpc) is 3.34. The van der Waals surface area contributed by atoms with Crippen molar-refractivity contribution < 1.29 is 19.1 Å². The van der Waals surface area contributed by atoms with Crippen LogP contribution in [0.25, 0.3) is 0 Å². The van der Waals surface area contributed by atoms with Gasteiger partial charge < -0.3 is 20.1 Å². The highest BCUT2D eigenvalue weighted by Crippen LogP contribution is 2.23. The van der Waals surface area contributed by atoms with E-state index in [4.69, 9.17) is 9.47 Å². The maximum atomic E-state index is 12.1. The van der Waals surface area contributed by atoms with Crippen LogP contribution in [0, 0.1) is 0 Å². The number of thiophene rings is 1. The minimum Gasteiger partial charge on any atom is -0.379 e. The summed E-state index contributed by atoms with van der Waals surface area (Å²) in [7, 11) is 0. The number of rotatable bonds is 6. The predicted molar refractivity (Wildman–Crippen MR) is 94.4 cm³/mol. The maximum absolute atomic E-state index is 12.1. The zero-order valence-electron chi connectivity index (χ0n) is 14.2. The van der Waals surface area contributed by atoms with E-state index in [1.165, 1.54) is 0 Å². The van der Waals surface area contributed by atoms with E-state index in [1.807, 2.05) is 5.38 Å². The summed E-state index contributed by atoms with van der Waals surface area (Å²) in [6.07, 6.45) is 1.97. The largest absolute Gasteiger partial charge is 0.379 e. The molecule has 0 aromatic carbocycles. The summed E-state index contributed by atoms with van der Waals surface area (Å²) < 4.78 is 10.9. The molecule has 8 heteroatoms. The molecule has 0 spiro atoms. The SMILES string of the molecule is O=C(NCC1CCCO1)C(=O)NCC(c1ccsc1)N1CCOCC1. The van der Waals surface area contributed by atoms with Crippen molar-refractivity contribution in [2.75, 3.05) is 46.0 Å². The van der Waals surface area contributed by atoms with Crippen molar-refractivity contribution in [2.45, 2.75) is 25.0 Å². The number of carbonyl (C=O) groups excluding carboxylic acids is 2. The van der Waals surface area contributed by atoms with E-state index in [0.717, 1.165) is 38.1 Å². The quantitative estimate of drug-likeness (QED) is 0.717. The Kier molecular flexibility index (Phi) is 6.80. The lowest BCUT2D eigenvalue weighted by atomic mass is 10.1. The van der Waals surface area contributed by atoms with Gasteiger partial charge in [-0.25, -0.2) is 0 Å². The van der Waals surface area contributed by atoms with E-state index in [-0.39, 0.29) is 12.1 Å². The van der Waals surface area contributed by atoms with Crippen LogP contribution >= 0.6 is 11.3 Å². The van der Waals surface area contributed by atoms with Crippen LogP contribution < -0.4 is 10.6 Å². The molecule has 0 radical (unpaired) electrons. The zero-order valence-corrected chi connectivity index (χ0v) is 15.1. The minimum atomic E-state index is -0.596. The van der Waals surface area contributed by atoms with Gasteiger partial charge in [0.1, 0.15) is 0 Å². The van der Waals surface area contributed by atoms with E-state index in [0.29, 0.717) is 26.3 Å². The van der Waals surface area contributed by atoms with Crippen LogP contribution in [0.3, 0.4) is 0 Å². The number of hydrogen-bond donors (Lipinski definition) is 2. The fraction of sp³-hybridized carbons (Fsp3) is 0.647. The summed E-state index contributed by atoms with van der Waals surface area (Å²) in [5.74, 6) is -1.19. The predicted octanol–water partition coefficient (Wildman–Crippen LogP) is 0.533. The van der Waals surface area contributed by atoms with Gasteiger partial charge in [0, 0.05) is 32.8 Å². The van der Waals surface area contributed by atoms with E-state index < -0.39 is 11.8 Å². The van der Waals surface area contributed by atoms with Crippen LogP contribution in [0.1, 0.15) is 24.4 Å². The van der Waals surface area contributed by atoms with E-state index in [1.54, 1.807) is 11.3 Å². The summed E-state index contributed by atoms with van der Waals surface area (Å²) in [5.41, 5.74) is 1.16. The number of morpholine rings is 1. The Balaban J connectivity index is 1.49. The zero-order chi connectivity index (χ0) is 17.5. The number of carbonyl (C=O) groups is 2. The molecule has 2 amide bonds. The highest BCUT2D eigenvalue weighted by atomic mass is 32.1. The van der Waals surface area contributed by atoms with Crippen molar-refractivity contribution in [1.29, 1.82) is 0 Å². The van der Waals surface area contributed by atoms with Gasteiger partial charge in [-0.05, 0) is 35.2 Å². The Bertz CT molecular complexity index is 554. The summed E-state index contributed by atoms with van der Waals surface area (Å²) in [6.45, 7) is 4.55. The number of ether oxygens (including phenoxy) is 2. The van der Waals surface area contributed by atoms with Crippen molar-refractivity contribution >= 4 is 23.2 Å². The highest BCUT2D eigenvalue weighted by molar-refractivity contribution is 7.07. The Morgan fingerprint density at radius 3 is 2.72 bits per heavy atom. The summed E-state index contributed by atoms with van der Waals surface area (Å²) in [4.78, 5) is 26.4. The molecule has 7 nitrogen and oxygen atoms in total. The molecule has 2 aliphatic heterocycles.